The fraction of sp³-hybridized carbons (Fsp3) is 0.353. The van der Waals surface area contributed by atoms with Crippen LogP contribution in [0.1, 0.15) is 36.7 Å². The third kappa shape index (κ3) is 6.55. The van der Waals surface area contributed by atoms with Crippen molar-refractivity contribution in [2.75, 3.05) is 19.8 Å². The van der Waals surface area contributed by atoms with Gasteiger partial charge in [-0.1, -0.05) is 54.6 Å². The highest BCUT2D eigenvalue weighted by Crippen LogP contribution is 2.33. The number of tetrazole rings is 1. The molecular formula is C34H34N6O9. The van der Waals surface area contributed by atoms with Gasteiger partial charge < -0.3 is 33.5 Å². The predicted molar refractivity (Wildman–Crippen MR) is 171 cm³/mol. The number of ether oxygens (including phenoxy) is 6. The predicted octanol–water partition coefficient (Wildman–Crippen LogP) is 3.90. The van der Waals surface area contributed by atoms with E-state index in [2.05, 4.69) is 25.6 Å². The minimum atomic E-state index is -1.70. The van der Waals surface area contributed by atoms with Gasteiger partial charge in [-0.15, -0.1) is 10.2 Å². The monoisotopic (exact) mass is 670 g/mol. The number of aliphatic hydroxyl groups excluding tert-OH is 1. The Morgan fingerprint density at radius 3 is 2.51 bits per heavy atom. The highest BCUT2D eigenvalue weighted by molar-refractivity contribution is 6.02. The molecule has 2 aromatic heterocycles. The second-order valence-electron chi connectivity index (χ2n) is 12.0. The highest BCUT2D eigenvalue weighted by atomic mass is 16.8. The number of aliphatic hydroxyl groups is 1. The third-order valence-corrected chi connectivity index (χ3v) is 8.24. The van der Waals surface area contributed by atoms with Gasteiger partial charge in [-0.2, -0.15) is 10.2 Å². The number of imidazole rings is 1. The molecule has 15 nitrogen and oxygen atoms in total. The standard InChI is InChI=1S/C34H34N6O9/c1-4-44-32-35-24-11-7-10-23(31(42)48-34(2,3)49-33(43)47-26-18-46-28-25(41)17-45-29(26)28)27(24)40(32)16-19-12-14-20(15-13-19)21-8-5-6-9-22(21)30-36-38-39-37-30/h5-15,25-26,28-29,41H,4,16-18H2,1-3H3,(H,36,37,38,39)/t25-,26-,28-,29?/m1/s1. The van der Waals surface area contributed by atoms with Crippen LogP contribution < -0.4 is 4.74 Å². The van der Waals surface area contributed by atoms with Crippen molar-refractivity contribution in [3.8, 4) is 28.5 Å². The molecule has 15 heteroatoms. The van der Waals surface area contributed by atoms with Gasteiger partial charge >= 0.3 is 12.1 Å². The number of aromatic amines is 1. The number of para-hydroxylation sites is 1. The molecule has 2 N–H and O–H groups in total. The smallest absolute Gasteiger partial charge is 0.465 e. The number of aromatic nitrogens is 6. The molecule has 49 heavy (non-hydrogen) atoms. The second kappa shape index (κ2) is 13.3. The van der Waals surface area contributed by atoms with E-state index in [0.29, 0.717) is 36.0 Å². The minimum absolute atomic E-state index is 0.0478. The van der Waals surface area contributed by atoms with Gasteiger partial charge in [0, 0.05) is 19.4 Å². The van der Waals surface area contributed by atoms with E-state index in [0.717, 1.165) is 22.3 Å². The average molecular weight is 671 g/mol. The number of esters is 1. The summed E-state index contributed by atoms with van der Waals surface area (Å²) in [7, 11) is 0. The van der Waals surface area contributed by atoms with Crippen molar-refractivity contribution in [2.24, 2.45) is 0 Å². The van der Waals surface area contributed by atoms with Crippen molar-refractivity contribution in [3.63, 3.8) is 0 Å². The Bertz CT molecular complexity index is 1960. The largest absolute Gasteiger partial charge is 0.512 e. The lowest BCUT2D eigenvalue weighted by atomic mass is 9.98. The first-order valence-electron chi connectivity index (χ1n) is 15.8. The number of hydrogen-bond acceptors (Lipinski definition) is 13. The van der Waals surface area contributed by atoms with Gasteiger partial charge in [-0.3, -0.25) is 4.57 Å². The summed E-state index contributed by atoms with van der Waals surface area (Å²) >= 11 is 0. The molecule has 0 aliphatic carbocycles. The number of benzene rings is 3. The molecule has 2 saturated heterocycles. The Balaban J connectivity index is 1.10. The zero-order valence-corrected chi connectivity index (χ0v) is 26.9. The summed E-state index contributed by atoms with van der Waals surface area (Å²) in [6, 6.07) is 21.2. The topological polar surface area (TPSA) is 182 Å². The zero-order valence-electron chi connectivity index (χ0n) is 26.9. The Kier molecular flexibility index (Phi) is 8.71. The Morgan fingerprint density at radius 1 is 0.980 bits per heavy atom. The number of nitrogens with zero attached hydrogens (tertiary/aromatic N) is 5. The van der Waals surface area contributed by atoms with Crippen molar-refractivity contribution in [3.05, 3.63) is 77.9 Å². The van der Waals surface area contributed by atoms with E-state index in [1.165, 1.54) is 13.8 Å². The van der Waals surface area contributed by atoms with E-state index in [1.54, 1.807) is 18.2 Å². The Labute approximate surface area is 280 Å². The van der Waals surface area contributed by atoms with Crippen LogP contribution in [0, 0.1) is 0 Å². The SMILES string of the molecule is CCOc1nc2cccc(C(=O)OC(C)(C)OC(=O)O[C@@H]3CO[C@H]4C3OC[C@H]4O)c2n1Cc1ccc(-c2ccccc2-c2nn[nH]n2)cc1. The number of carbonyl (C=O) groups excluding carboxylic acids is 2. The van der Waals surface area contributed by atoms with Crippen LogP contribution in [-0.2, 0) is 30.2 Å². The molecule has 4 heterocycles. The number of hydrogen-bond donors (Lipinski definition) is 2. The number of rotatable bonds is 10. The van der Waals surface area contributed by atoms with Crippen LogP contribution in [0.3, 0.4) is 0 Å². The van der Waals surface area contributed by atoms with Crippen molar-refractivity contribution < 1.29 is 43.1 Å². The van der Waals surface area contributed by atoms with Crippen molar-refractivity contribution in [1.29, 1.82) is 0 Å². The fourth-order valence-electron chi connectivity index (χ4n) is 6.09. The van der Waals surface area contributed by atoms with Gasteiger partial charge in [-0.05, 0) is 41.0 Å². The molecule has 0 spiro atoms. The van der Waals surface area contributed by atoms with E-state index in [1.807, 2.05) is 60.0 Å². The van der Waals surface area contributed by atoms with Crippen LogP contribution in [0.4, 0.5) is 4.79 Å². The summed E-state index contributed by atoms with van der Waals surface area (Å²) in [5.74, 6) is -1.95. The van der Waals surface area contributed by atoms with E-state index < -0.39 is 42.3 Å². The maximum atomic E-state index is 13.7. The van der Waals surface area contributed by atoms with Crippen LogP contribution in [0.15, 0.2) is 66.7 Å². The van der Waals surface area contributed by atoms with E-state index in [-0.39, 0.29) is 18.8 Å². The van der Waals surface area contributed by atoms with Crippen LogP contribution in [0.2, 0.25) is 0 Å². The molecule has 0 saturated carbocycles. The van der Waals surface area contributed by atoms with Crippen molar-refractivity contribution in [2.45, 2.75) is 57.5 Å². The molecule has 2 fully saturated rings. The molecule has 3 aromatic carbocycles. The quantitative estimate of drug-likeness (QED) is 0.161. The zero-order chi connectivity index (χ0) is 34.1. The molecule has 7 rings (SSSR count). The maximum Gasteiger partial charge on any atom is 0.512 e. The average Bonchev–Trinajstić information content (AvgIpc) is 3.89. The highest BCUT2D eigenvalue weighted by Gasteiger charge is 2.49. The van der Waals surface area contributed by atoms with Crippen molar-refractivity contribution >= 4 is 23.2 Å². The third-order valence-electron chi connectivity index (χ3n) is 8.24. The number of fused-ring (bicyclic) bond motifs is 2. The summed E-state index contributed by atoms with van der Waals surface area (Å²) in [5, 5.41) is 24.4. The van der Waals surface area contributed by atoms with Crippen LogP contribution in [0.25, 0.3) is 33.5 Å². The number of H-pyrrole nitrogens is 1. The van der Waals surface area contributed by atoms with Crippen LogP contribution in [0.5, 0.6) is 6.01 Å². The van der Waals surface area contributed by atoms with Crippen LogP contribution >= 0.6 is 0 Å². The van der Waals surface area contributed by atoms with Gasteiger partial charge in [0.05, 0.1) is 43.0 Å². The first-order chi connectivity index (χ1) is 23.7. The Morgan fingerprint density at radius 2 is 1.76 bits per heavy atom. The fourth-order valence-corrected chi connectivity index (χ4v) is 6.09. The molecular weight excluding hydrogens is 636 g/mol. The lowest BCUT2D eigenvalue weighted by Crippen LogP contribution is -2.38. The summed E-state index contributed by atoms with van der Waals surface area (Å²) < 4.78 is 35.2. The van der Waals surface area contributed by atoms with E-state index in [4.69, 9.17) is 28.4 Å². The first-order valence-corrected chi connectivity index (χ1v) is 15.8. The lowest BCUT2D eigenvalue weighted by Gasteiger charge is -2.26. The van der Waals surface area contributed by atoms with Crippen LogP contribution in [-0.4, -0.2) is 97.4 Å². The summed E-state index contributed by atoms with van der Waals surface area (Å²) in [6.07, 6.45) is -3.81. The molecule has 0 bridgehead atoms. The second-order valence-corrected chi connectivity index (χ2v) is 12.0. The Hall–Kier alpha value is -5.38. The molecule has 2 aliphatic rings. The molecule has 5 aromatic rings. The summed E-state index contributed by atoms with van der Waals surface area (Å²) in [4.78, 5) is 31.0. The molecule has 4 atom stereocenters. The van der Waals surface area contributed by atoms with Gasteiger partial charge in [0.2, 0.25) is 5.82 Å². The lowest BCUT2D eigenvalue weighted by molar-refractivity contribution is -0.162. The van der Waals surface area contributed by atoms with E-state index >= 15 is 0 Å². The van der Waals surface area contributed by atoms with Crippen molar-refractivity contribution in [1.82, 2.24) is 30.2 Å². The van der Waals surface area contributed by atoms with Gasteiger partial charge in [0.15, 0.2) is 6.10 Å². The number of nitrogens with one attached hydrogen (secondary N) is 1. The minimum Gasteiger partial charge on any atom is -0.465 e. The number of carbonyl (C=O) groups is 2. The van der Waals surface area contributed by atoms with E-state index in [9.17, 15) is 14.7 Å². The molecule has 0 amide bonds. The summed E-state index contributed by atoms with van der Waals surface area (Å²) in [5.41, 5.74) is 4.89. The van der Waals surface area contributed by atoms with Gasteiger partial charge in [-0.25, -0.2) is 9.59 Å². The molecule has 1 unspecified atom stereocenters. The first kappa shape index (κ1) is 32.2. The molecule has 2 aliphatic heterocycles. The maximum absolute atomic E-state index is 13.7. The van der Waals surface area contributed by atoms with Gasteiger partial charge in [0.1, 0.15) is 18.3 Å². The molecule has 254 valence electrons. The molecule has 0 radical (unpaired) electrons. The summed E-state index contributed by atoms with van der Waals surface area (Å²) in [6.45, 7) is 5.53. The normalized spacial score (nSPS) is 20.2. The van der Waals surface area contributed by atoms with Gasteiger partial charge in [0.25, 0.3) is 11.8 Å².